The molecule has 0 aliphatic carbocycles. The quantitative estimate of drug-likeness (QED) is 0.787. The van der Waals surface area contributed by atoms with E-state index in [-0.39, 0.29) is 12.0 Å². The van der Waals surface area contributed by atoms with Crippen LogP contribution in [0.4, 0.5) is 0 Å². The Hall–Kier alpha value is -1.16. The minimum Gasteiger partial charge on any atom is -0.461 e. The van der Waals surface area contributed by atoms with E-state index in [0.717, 1.165) is 5.69 Å². The molecule has 0 aliphatic heterocycles. The molecule has 1 aromatic rings. The van der Waals surface area contributed by atoms with E-state index in [1.54, 1.807) is 6.20 Å². The van der Waals surface area contributed by atoms with Crippen molar-refractivity contribution in [1.82, 2.24) is 9.97 Å². The maximum absolute atomic E-state index is 5.55. The maximum Gasteiger partial charge on any atom is 0.316 e. The minimum atomic E-state index is 0.0958. The molecule has 0 amide bonds. The van der Waals surface area contributed by atoms with Gasteiger partial charge in [-0.2, -0.15) is 4.98 Å². The molecule has 1 atom stereocenters. The van der Waals surface area contributed by atoms with Crippen molar-refractivity contribution in [2.75, 3.05) is 6.54 Å². The Bertz CT molecular complexity index is 288. The van der Waals surface area contributed by atoms with Gasteiger partial charge in [-0.25, -0.2) is 4.98 Å². The monoisotopic (exact) mass is 195 g/mol. The lowest BCUT2D eigenvalue weighted by Crippen LogP contribution is -2.13. The molecule has 0 fully saturated rings. The van der Waals surface area contributed by atoms with Gasteiger partial charge >= 0.3 is 6.01 Å². The van der Waals surface area contributed by atoms with Gasteiger partial charge in [0.1, 0.15) is 0 Å². The summed E-state index contributed by atoms with van der Waals surface area (Å²) in [6, 6.07) is 2.29. The molecule has 4 nitrogen and oxygen atoms in total. The summed E-state index contributed by atoms with van der Waals surface area (Å²) in [7, 11) is 0. The highest BCUT2D eigenvalue weighted by molar-refractivity contribution is 5.10. The second-order valence-corrected chi connectivity index (χ2v) is 3.57. The van der Waals surface area contributed by atoms with E-state index in [1.807, 2.05) is 26.8 Å². The third-order valence-corrected chi connectivity index (χ3v) is 1.85. The molecule has 0 aromatic carbocycles. The smallest absolute Gasteiger partial charge is 0.316 e. The third kappa shape index (κ3) is 2.96. The van der Waals surface area contributed by atoms with E-state index < -0.39 is 0 Å². The molecule has 4 heteroatoms. The van der Waals surface area contributed by atoms with Gasteiger partial charge in [-0.1, -0.05) is 6.92 Å². The Balaban J connectivity index is 2.78. The molecule has 1 unspecified atom stereocenters. The number of hydrogen-bond acceptors (Lipinski definition) is 4. The fraction of sp³-hybridized carbons (Fsp3) is 0.600. The summed E-state index contributed by atoms with van der Waals surface area (Å²) in [4.78, 5) is 8.29. The van der Waals surface area contributed by atoms with Gasteiger partial charge in [0.2, 0.25) is 0 Å². The summed E-state index contributed by atoms with van der Waals surface area (Å²) in [5.74, 6) is 0.243. The van der Waals surface area contributed by atoms with Gasteiger partial charge in [-0.15, -0.1) is 0 Å². The standard InChI is InChI=1S/C10H17N3O/c1-7(2)14-10-12-5-4-9(13-10)8(3)6-11/h4-5,7-8H,6,11H2,1-3H3. The van der Waals surface area contributed by atoms with Crippen molar-refractivity contribution < 1.29 is 4.74 Å². The molecule has 1 aromatic heterocycles. The zero-order chi connectivity index (χ0) is 10.6. The Morgan fingerprint density at radius 1 is 1.43 bits per heavy atom. The van der Waals surface area contributed by atoms with Gasteiger partial charge in [0, 0.05) is 18.7 Å². The van der Waals surface area contributed by atoms with E-state index in [2.05, 4.69) is 9.97 Å². The summed E-state index contributed by atoms with van der Waals surface area (Å²) in [5.41, 5.74) is 6.48. The lowest BCUT2D eigenvalue weighted by molar-refractivity contribution is 0.221. The van der Waals surface area contributed by atoms with Gasteiger partial charge in [0.05, 0.1) is 11.8 Å². The van der Waals surface area contributed by atoms with E-state index in [0.29, 0.717) is 12.6 Å². The second kappa shape index (κ2) is 4.91. The first-order valence-corrected chi connectivity index (χ1v) is 4.83. The summed E-state index contributed by atoms with van der Waals surface area (Å²) in [6.07, 6.45) is 1.80. The average Bonchev–Trinajstić information content (AvgIpc) is 2.16. The molecule has 0 aliphatic rings. The second-order valence-electron chi connectivity index (χ2n) is 3.57. The topological polar surface area (TPSA) is 61.0 Å². The van der Waals surface area contributed by atoms with Gasteiger partial charge in [-0.05, 0) is 19.9 Å². The highest BCUT2D eigenvalue weighted by atomic mass is 16.5. The first-order chi connectivity index (χ1) is 6.63. The van der Waals surface area contributed by atoms with Crippen LogP contribution >= 0.6 is 0 Å². The number of aromatic nitrogens is 2. The number of hydrogen-bond donors (Lipinski definition) is 1. The largest absolute Gasteiger partial charge is 0.461 e. The molecule has 1 heterocycles. The van der Waals surface area contributed by atoms with Crippen molar-refractivity contribution in [3.8, 4) is 6.01 Å². The van der Waals surface area contributed by atoms with Gasteiger partial charge in [0.15, 0.2) is 0 Å². The van der Waals surface area contributed by atoms with Crippen LogP contribution in [-0.4, -0.2) is 22.6 Å². The Morgan fingerprint density at radius 2 is 2.14 bits per heavy atom. The van der Waals surface area contributed by atoms with E-state index in [9.17, 15) is 0 Å². The fourth-order valence-corrected chi connectivity index (χ4v) is 1.02. The normalized spacial score (nSPS) is 12.9. The first-order valence-electron chi connectivity index (χ1n) is 4.83. The molecule has 0 spiro atoms. The number of nitrogens with zero attached hydrogens (tertiary/aromatic N) is 2. The Labute approximate surface area is 84.5 Å². The highest BCUT2D eigenvalue weighted by Gasteiger charge is 2.07. The molecule has 0 radical (unpaired) electrons. The molecule has 78 valence electrons. The zero-order valence-corrected chi connectivity index (χ0v) is 8.90. The van der Waals surface area contributed by atoms with Crippen molar-refractivity contribution in [2.24, 2.45) is 5.73 Å². The van der Waals surface area contributed by atoms with Gasteiger partial charge < -0.3 is 10.5 Å². The van der Waals surface area contributed by atoms with Crippen molar-refractivity contribution in [2.45, 2.75) is 32.8 Å². The molecule has 0 bridgehead atoms. The van der Waals surface area contributed by atoms with E-state index in [1.165, 1.54) is 0 Å². The molecule has 0 saturated heterocycles. The number of ether oxygens (including phenoxy) is 1. The van der Waals surface area contributed by atoms with Gasteiger partial charge in [0.25, 0.3) is 0 Å². The van der Waals surface area contributed by atoms with Crippen LogP contribution in [0.5, 0.6) is 6.01 Å². The number of nitrogens with two attached hydrogens (primary N) is 1. The lowest BCUT2D eigenvalue weighted by atomic mass is 10.1. The predicted molar refractivity (Wildman–Crippen MR) is 55.3 cm³/mol. The van der Waals surface area contributed by atoms with Crippen LogP contribution < -0.4 is 10.5 Å². The minimum absolute atomic E-state index is 0.0958. The van der Waals surface area contributed by atoms with Crippen molar-refractivity contribution in [1.29, 1.82) is 0 Å². The van der Waals surface area contributed by atoms with Crippen LogP contribution in [0.15, 0.2) is 12.3 Å². The molecule has 0 saturated carbocycles. The predicted octanol–water partition coefficient (Wildman–Crippen LogP) is 1.33. The molecular formula is C10H17N3O. The maximum atomic E-state index is 5.55. The van der Waals surface area contributed by atoms with Crippen LogP contribution in [0.3, 0.4) is 0 Å². The van der Waals surface area contributed by atoms with E-state index >= 15 is 0 Å². The van der Waals surface area contributed by atoms with Crippen LogP contribution in [-0.2, 0) is 0 Å². The molecule has 2 N–H and O–H groups in total. The van der Waals surface area contributed by atoms with Crippen molar-refractivity contribution in [3.63, 3.8) is 0 Å². The average molecular weight is 195 g/mol. The fourth-order valence-electron chi connectivity index (χ4n) is 1.02. The Kier molecular flexibility index (Phi) is 3.83. The van der Waals surface area contributed by atoms with Crippen LogP contribution in [0, 0.1) is 0 Å². The first kappa shape index (κ1) is 10.9. The summed E-state index contributed by atoms with van der Waals surface area (Å²) < 4.78 is 5.39. The summed E-state index contributed by atoms with van der Waals surface area (Å²) in [5, 5.41) is 0. The lowest BCUT2D eigenvalue weighted by Gasteiger charge is -2.11. The summed E-state index contributed by atoms with van der Waals surface area (Å²) >= 11 is 0. The molecular weight excluding hydrogens is 178 g/mol. The van der Waals surface area contributed by atoms with E-state index in [4.69, 9.17) is 10.5 Å². The summed E-state index contributed by atoms with van der Waals surface area (Å²) in [6.45, 7) is 6.50. The number of rotatable bonds is 4. The van der Waals surface area contributed by atoms with Crippen molar-refractivity contribution >= 4 is 0 Å². The molecule has 1 rings (SSSR count). The SMILES string of the molecule is CC(C)Oc1nccc(C(C)CN)n1. The highest BCUT2D eigenvalue weighted by Crippen LogP contribution is 2.13. The van der Waals surface area contributed by atoms with Crippen LogP contribution in [0.1, 0.15) is 32.4 Å². The van der Waals surface area contributed by atoms with Crippen molar-refractivity contribution in [3.05, 3.63) is 18.0 Å². The van der Waals surface area contributed by atoms with Crippen LogP contribution in [0.2, 0.25) is 0 Å². The van der Waals surface area contributed by atoms with Crippen LogP contribution in [0.25, 0.3) is 0 Å². The Morgan fingerprint density at radius 3 is 2.71 bits per heavy atom. The molecule has 14 heavy (non-hydrogen) atoms. The third-order valence-electron chi connectivity index (χ3n) is 1.85. The van der Waals surface area contributed by atoms with Gasteiger partial charge in [-0.3, -0.25) is 0 Å². The zero-order valence-electron chi connectivity index (χ0n) is 8.90.